The minimum absolute atomic E-state index is 0.00419. The van der Waals surface area contributed by atoms with Crippen LogP contribution in [-0.4, -0.2) is 35.8 Å². The van der Waals surface area contributed by atoms with E-state index >= 15 is 0 Å². The molecule has 2 aliphatic heterocycles. The third kappa shape index (κ3) is 2.77. The van der Waals surface area contributed by atoms with Crippen LogP contribution in [0.5, 0.6) is 0 Å². The fraction of sp³-hybridized carbons (Fsp3) is 0.467. The van der Waals surface area contributed by atoms with Gasteiger partial charge in [0.25, 0.3) is 5.91 Å². The maximum Gasteiger partial charge on any atom is 0.255 e. The molecule has 1 aromatic carbocycles. The number of carbonyl (C=O) groups is 2. The molecule has 0 radical (unpaired) electrons. The number of piperidine rings is 2. The molecule has 0 aliphatic carbocycles. The molecule has 21 heavy (non-hydrogen) atoms. The van der Waals surface area contributed by atoms with Gasteiger partial charge in [0.05, 0.1) is 10.0 Å². The van der Waals surface area contributed by atoms with E-state index in [0.717, 1.165) is 12.8 Å². The van der Waals surface area contributed by atoms with Gasteiger partial charge in [-0.1, -0.05) is 6.07 Å². The number of rotatable bonds is 1. The molecule has 0 saturated carbocycles. The standard InChI is InChI=1S/C15H18BrN3O2/c16-14-10(2-1-3-11(14)17)15(21)19-7-6-12-9(8-19)4-5-13(20)18-12/h1-3,9,12H,4-8,17H2,(H,18,20). The molecular weight excluding hydrogens is 334 g/mol. The second kappa shape index (κ2) is 5.67. The minimum atomic E-state index is 0.00419. The van der Waals surface area contributed by atoms with Crippen molar-refractivity contribution in [3.8, 4) is 0 Å². The molecule has 2 heterocycles. The Morgan fingerprint density at radius 2 is 2.19 bits per heavy atom. The summed E-state index contributed by atoms with van der Waals surface area (Å²) in [6.45, 7) is 1.37. The first-order valence-corrected chi connectivity index (χ1v) is 7.98. The van der Waals surface area contributed by atoms with Gasteiger partial charge in [-0.2, -0.15) is 0 Å². The molecule has 2 amide bonds. The van der Waals surface area contributed by atoms with E-state index in [2.05, 4.69) is 21.2 Å². The topological polar surface area (TPSA) is 75.4 Å². The number of anilines is 1. The van der Waals surface area contributed by atoms with E-state index in [4.69, 9.17) is 5.73 Å². The number of nitrogens with one attached hydrogen (secondary N) is 1. The molecule has 2 atom stereocenters. The van der Waals surface area contributed by atoms with Gasteiger partial charge < -0.3 is 16.0 Å². The molecule has 1 aromatic rings. The molecule has 112 valence electrons. The third-order valence-electron chi connectivity index (χ3n) is 4.37. The Hall–Kier alpha value is -1.56. The number of likely N-dealkylation sites (tertiary alicyclic amines) is 1. The van der Waals surface area contributed by atoms with Crippen molar-refractivity contribution in [2.24, 2.45) is 5.92 Å². The van der Waals surface area contributed by atoms with Crippen molar-refractivity contribution in [1.82, 2.24) is 10.2 Å². The second-order valence-electron chi connectivity index (χ2n) is 5.72. The molecular formula is C15H18BrN3O2. The Kier molecular flexibility index (Phi) is 3.89. The lowest BCUT2D eigenvalue weighted by molar-refractivity contribution is -0.125. The number of hydrogen-bond donors (Lipinski definition) is 2. The molecule has 3 rings (SSSR count). The first-order chi connectivity index (χ1) is 10.1. The van der Waals surface area contributed by atoms with Gasteiger partial charge in [0.15, 0.2) is 0 Å². The van der Waals surface area contributed by atoms with Gasteiger partial charge in [0, 0.05) is 31.2 Å². The first kappa shape index (κ1) is 14.4. The van der Waals surface area contributed by atoms with Crippen molar-refractivity contribution < 1.29 is 9.59 Å². The van der Waals surface area contributed by atoms with Gasteiger partial charge in [0.2, 0.25) is 5.91 Å². The summed E-state index contributed by atoms with van der Waals surface area (Å²) in [5.41, 5.74) is 7.02. The highest BCUT2D eigenvalue weighted by Crippen LogP contribution is 2.29. The zero-order valence-corrected chi connectivity index (χ0v) is 13.2. The molecule has 2 aliphatic rings. The Morgan fingerprint density at radius 3 is 3.00 bits per heavy atom. The fourth-order valence-corrected chi connectivity index (χ4v) is 3.61. The number of carbonyl (C=O) groups excluding carboxylic acids is 2. The highest BCUT2D eigenvalue weighted by molar-refractivity contribution is 9.10. The molecule has 5 nitrogen and oxygen atoms in total. The van der Waals surface area contributed by atoms with E-state index in [1.165, 1.54) is 0 Å². The average Bonchev–Trinajstić information content (AvgIpc) is 2.49. The van der Waals surface area contributed by atoms with E-state index in [1.54, 1.807) is 18.2 Å². The summed E-state index contributed by atoms with van der Waals surface area (Å²) in [6.07, 6.45) is 2.24. The molecule has 0 aromatic heterocycles. The summed E-state index contributed by atoms with van der Waals surface area (Å²) >= 11 is 3.39. The highest BCUT2D eigenvalue weighted by atomic mass is 79.9. The van der Waals surface area contributed by atoms with Crippen LogP contribution in [0.2, 0.25) is 0 Å². The predicted molar refractivity (Wildman–Crippen MR) is 83.7 cm³/mol. The van der Waals surface area contributed by atoms with Crippen LogP contribution in [0.25, 0.3) is 0 Å². The third-order valence-corrected chi connectivity index (χ3v) is 5.25. The van der Waals surface area contributed by atoms with Crippen LogP contribution in [0.15, 0.2) is 22.7 Å². The predicted octanol–water partition coefficient (Wildman–Crippen LogP) is 1.77. The van der Waals surface area contributed by atoms with Gasteiger partial charge in [-0.25, -0.2) is 0 Å². The van der Waals surface area contributed by atoms with E-state index in [1.807, 2.05) is 4.90 Å². The Labute approximate surface area is 132 Å². The summed E-state index contributed by atoms with van der Waals surface area (Å²) in [5, 5.41) is 3.03. The molecule has 2 fully saturated rings. The number of amides is 2. The van der Waals surface area contributed by atoms with Crippen LogP contribution in [0.1, 0.15) is 29.6 Å². The average molecular weight is 352 g/mol. The lowest BCUT2D eigenvalue weighted by atomic mass is 9.85. The van der Waals surface area contributed by atoms with Crippen LogP contribution >= 0.6 is 15.9 Å². The summed E-state index contributed by atoms with van der Waals surface area (Å²) in [7, 11) is 0. The van der Waals surface area contributed by atoms with E-state index in [-0.39, 0.29) is 17.9 Å². The molecule has 2 unspecified atom stereocenters. The highest BCUT2D eigenvalue weighted by Gasteiger charge is 2.35. The van der Waals surface area contributed by atoms with Crippen LogP contribution in [-0.2, 0) is 4.79 Å². The van der Waals surface area contributed by atoms with Crippen molar-refractivity contribution in [2.45, 2.75) is 25.3 Å². The quantitative estimate of drug-likeness (QED) is 0.757. The number of nitrogen functional groups attached to an aromatic ring is 1. The summed E-state index contributed by atoms with van der Waals surface area (Å²) < 4.78 is 0.661. The monoisotopic (exact) mass is 351 g/mol. The maximum atomic E-state index is 12.7. The van der Waals surface area contributed by atoms with Gasteiger partial charge in [-0.3, -0.25) is 9.59 Å². The Morgan fingerprint density at radius 1 is 1.38 bits per heavy atom. The Balaban J connectivity index is 1.75. The van der Waals surface area contributed by atoms with Crippen LogP contribution in [0.3, 0.4) is 0 Å². The SMILES string of the molecule is Nc1cccc(C(=O)N2CCC3NC(=O)CCC3C2)c1Br. The zero-order chi connectivity index (χ0) is 15.0. The number of halogens is 1. The van der Waals surface area contributed by atoms with Crippen LogP contribution in [0, 0.1) is 5.92 Å². The second-order valence-corrected chi connectivity index (χ2v) is 6.51. The fourth-order valence-electron chi connectivity index (χ4n) is 3.18. The van der Waals surface area contributed by atoms with Crippen LogP contribution in [0.4, 0.5) is 5.69 Å². The number of nitrogens with zero attached hydrogens (tertiary/aromatic N) is 1. The van der Waals surface area contributed by atoms with Gasteiger partial charge in [-0.05, 0) is 46.8 Å². The van der Waals surface area contributed by atoms with Crippen molar-refractivity contribution in [3.63, 3.8) is 0 Å². The number of benzene rings is 1. The summed E-state index contributed by atoms with van der Waals surface area (Å²) in [5.74, 6) is 0.499. The first-order valence-electron chi connectivity index (χ1n) is 7.19. The number of hydrogen-bond acceptors (Lipinski definition) is 3. The summed E-state index contributed by atoms with van der Waals surface area (Å²) in [6, 6.07) is 5.57. The molecule has 0 bridgehead atoms. The van der Waals surface area contributed by atoms with Gasteiger partial charge >= 0.3 is 0 Å². The maximum absolute atomic E-state index is 12.7. The molecule has 6 heteroatoms. The van der Waals surface area contributed by atoms with E-state index in [9.17, 15) is 9.59 Å². The largest absolute Gasteiger partial charge is 0.398 e. The van der Waals surface area contributed by atoms with Crippen molar-refractivity contribution in [2.75, 3.05) is 18.8 Å². The number of fused-ring (bicyclic) bond motifs is 1. The minimum Gasteiger partial charge on any atom is -0.398 e. The Bertz CT molecular complexity index is 590. The lowest BCUT2D eigenvalue weighted by Crippen LogP contribution is -2.55. The van der Waals surface area contributed by atoms with E-state index in [0.29, 0.717) is 41.2 Å². The van der Waals surface area contributed by atoms with Crippen molar-refractivity contribution >= 4 is 33.4 Å². The van der Waals surface area contributed by atoms with E-state index < -0.39 is 0 Å². The smallest absolute Gasteiger partial charge is 0.255 e. The van der Waals surface area contributed by atoms with Crippen molar-refractivity contribution in [3.05, 3.63) is 28.2 Å². The normalized spacial score (nSPS) is 25.2. The molecule has 0 spiro atoms. The van der Waals surface area contributed by atoms with Crippen molar-refractivity contribution in [1.29, 1.82) is 0 Å². The lowest BCUT2D eigenvalue weighted by Gasteiger charge is -2.41. The summed E-state index contributed by atoms with van der Waals surface area (Å²) in [4.78, 5) is 26.0. The van der Waals surface area contributed by atoms with Gasteiger partial charge in [0.1, 0.15) is 0 Å². The molecule has 3 N–H and O–H groups in total. The van der Waals surface area contributed by atoms with Gasteiger partial charge in [-0.15, -0.1) is 0 Å². The zero-order valence-electron chi connectivity index (χ0n) is 11.6. The van der Waals surface area contributed by atoms with Crippen LogP contribution < -0.4 is 11.1 Å². The molecule has 2 saturated heterocycles. The number of nitrogens with two attached hydrogens (primary N) is 1.